The highest BCUT2D eigenvalue weighted by Crippen LogP contribution is 2.34. The van der Waals surface area contributed by atoms with Crippen molar-refractivity contribution in [2.45, 2.75) is 12.8 Å². The highest BCUT2D eigenvalue weighted by Gasteiger charge is 2.32. The molecular weight excluding hydrogens is 234 g/mol. The van der Waals surface area contributed by atoms with Gasteiger partial charge in [-0.2, -0.15) is 0 Å². The SMILES string of the molecule is COC1=CC2CCN=C(CC(=O)O)C2C=C1OC. The van der Waals surface area contributed by atoms with E-state index in [1.165, 1.54) is 0 Å². The van der Waals surface area contributed by atoms with Crippen LogP contribution >= 0.6 is 0 Å². The molecule has 98 valence electrons. The molecule has 1 N–H and O–H groups in total. The minimum absolute atomic E-state index is 0.00911. The molecule has 0 radical (unpaired) electrons. The molecule has 2 aliphatic rings. The van der Waals surface area contributed by atoms with Gasteiger partial charge >= 0.3 is 5.97 Å². The predicted octanol–water partition coefficient (Wildman–Crippen LogP) is 1.61. The number of methoxy groups -OCH3 is 2. The Morgan fingerprint density at radius 3 is 2.67 bits per heavy atom. The van der Waals surface area contributed by atoms with Crippen LogP contribution in [0.25, 0.3) is 0 Å². The van der Waals surface area contributed by atoms with Crippen molar-refractivity contribution in [1.82, 2.24) is 0 Å². The van der Waals surface area contributed by atoms with Crippen LogP contribution in [0.15, 0.2) is 28.7 Å². The number of aliphatic carboxylic acids is 1. The minimum atomic E-state index is -0.844. The Bertz CT molecular complexity index is 436. The molecule has 5 heteroatoms. The van der Waals surface area contributed by atoms with Crippen molar-refractivity contribution in [2.24, 2.45) is 16.8 Å². The summed E-state index contributed by atoms with van der Waals surface area (Å²) in [7, 11) is 3.18. The van der Waals surface area contributed by atoms with Gasteiger partial charge in [0.15, 0.2) is 11.5 Å². The van der Waals surface area contributed by atoms with Gasteiger partial charge in [-0.15, -0.1) is 0 Å². The molecule has 0 fully saturated rings. The van der Waals surface area contributed by atoms with E-state index in [0.717, 1.165) is 17.9 Å². The fourth-order valence-electron chi connectivity index (χ4n) is 2.48. The van der Waals surface area contributed by atoms with E-state index in [4.69, 9.17) is 14.6 Å². The number of carbonyl (C=O) groups is 1. The third-order valence-electron chi connectivity index (χ3n) is 3.33. The van der Waals surface area contributed by atoms with E-state index in [9.17, 15) is 4.79 Å². The van der Waals surface area contributed by atoms with Crippen LogP contribution in [0.5, 0.6) is 0 Å². The highest BCUT2D eigenvalue weighted by molar-refractivity contribution is 6.01. The molecule has 0 aromatic heterocycles. The second-order valence-electron chi connectivity index (χ2n) is 4.39. The zero-order valence-electron chi connectivity index (χ0n) is 10.5. The smallest absolute Gasteiger partial charge is 0.309 e. The summed E-state index contributed by atoms with van der Waals surface area (Å²) in [4.78, 5) is 15.2. The summed E-state index contributed by atoms with van der Waals surface area (Å²) in [6.07, 6.45) is 4.84. The second-order valence-corrected chi connectivity index (χ2v) is 4.39. The molecule has 0 saturated heterocycles. The zero-order chi connectivity index (χ0) is 13.1. The topological polar surface area (TPSA) is 68.1 Å². The molecule has 0 amide bonds. The molecular formula is C13H17NO4. The number of aliphatic imine (C=N–C) groups is 1. The Hall–Kier alpha value is -1.78. The number of ether oxygens (including phenoxy) is 2. The maximum absolute atomic E-state index is 10.8. The van der Waals surface area contributed by atoms with Crippen molar-refractivity contribution in [1.29, 1.82) is 0 Å². The number of fused-ring (bicyclic) bond motifs is 1. The highest BCUT2D eigenvalue weighted by atomic mass is 16.5. The van der Waals surface area contributed by atoms with Gasteiger partial charge in [0.05, 0.1) is 20.6 Å². The molecule has 1 heterocycles. The lowest BCUT2D eigenvalue weighted by molar-refractivity contribution is -0.135. The summed E-state index contributed by atoms with van der Waals surface area (Å²) >= 11 is 0. The van der Waals surface area contributed by atoms with Crippen LogP contribution < -0.4 is 0 Å². The summed E-state index contributed by atoms with van der Waals surface area (Å²) in [6.45, 7) is 0.674. The van der Waals surface area contributed by atoms with E-state index in [1.807, 2.05) is 12.2 Å². The molecule has 0 bridgehead atoms. The van der Waals surface area contributed by atoms with Crippen molar-refractivity contribution in [3.63, 3.8) is 0 Å². The molecule has 2 rings (SSSR count). The van der Waals surface area contributed by atoms with E-state index in [0.29, 0.717) is 12.3 Å². The Labute approximate surface area is 106 Å². The molecule has 0 aromatic rings. The predicted molar refractivity (Wildman–Crippen MR) is 66.3 cm³/mol. The maximum Gasteiger partial charge on any atom is 0.309 e. The molecule has 0 spiro atoms. The van der Waals surface area contributed by atoms with Crippen molar-refractivity contribution in [3.05, 3.63) is 23.7 Å². The van der Waals surface area contributed by atoms with E-state index >= 15 is 0 Å². The first-order valence-corrected chi connectivity index (χ1v) is 5.92. The van der Waals surface area contributed by atoms with Crippen LogP contribution in [-0.2, 0) is 14.3 Å². The van der Waals surface area contributed by atoms with E-state index < -0.39 is 5.97 Å². The van der Waals surface area contributed by atoms with E-state index in [1.54, 1.807) is 14.2 Å². The molecule has 2 unspecified atom stereocenters. The molecule has 0 aromatic carbocycles. The lowest BCUT2D eigenvalue weighted by atomic mass is 9.79. The van der Waals surface area contributed by atoms with Crippen molar-refractivity contribution in [3.8, 4) is 0 Å². The van der Waals surface area contributed by atoms with Crippen molar-refractivity contribution in [2.75, 3.05) is 20.8 Å². The first-order chi connectivity index (χ1) is 8.65. The molecule has 1 aliphatic heterocycles. The van der Waals surface area contributed by atoms with Crippen molar-refractivity contribution >= 4 is 11.7 Å². The Balaban J connectivity index is 2.27. The zero-order valence-corrected chi connectivity index (χ0v) is 10.5. The molecule has 1 aliphatic carbocycles. The summed E-state index contributed by atoms with van der Waals surface area (Å²) < 4.78 is 10.5. The largest absolute Gasteiger partial charge is 0.493 e. The number of carboxylic acid groups (broad SMARTS) is 1. The van der Waals surface area contributed by atoms with Gasteiger partial charge in [-0.25, -0.2) is 0 Å². The summed E-state index contributed by atoms with van der Waals surface area (Å²) in [5.74, 6) is 0.798. The van der Waals surface area contributed by atoms with Crippen LogP contribution in [0.1, 0.15) is 12.8 Å². The van der Waals surface area contributed by atoms with Gasteiger partial charge in [-0.05, 0) is 24.5 Å². The van der Waals surface area contributed by atoms with Gasteiger partial charge in [-0.1, -0.05) is 0 Å². The fourth-order valence-corrected chi connectivity index (χ4v) is 2.48. The van der Waals surface area contributed by atoms with Gasteiger partial charge < -0.3 is 14.6 Å². The summed E-state index contributed by atoms with van der Waals surface area (Å²) in [5, 5.41) is 8.90. The van der Waals surface area contributed by atoms with Crippen molar-refractivity contribution < 1.29 is 19.4 Å². The third-order valence-corrected chi connectivity index (χ3v) is 3.33. The maximum atomic E-state index is 10.8. The van der Waals surface area contributed by atoms with Gasteiger partial charge in [-0.3, -0.25) is 9.79 Å². The van der Waals surface area contributed by atoms with Gasteiger partial charge in [0, 0.05) is 18.2 Å². The third kappa shape index (κ3) is 2.39. The number of carboxylic acids is 1. The number of rotatable bonds is 4. The van der Waals surface area contributed by atoms with E-state index in [2.05, 4.69) is 4.99 Å². The minimum Gasteiger partial charge on any atom is -0.493 e. The van der Waals surface area contributed by atoms with Gasteiger partial charge in [0.1, 0.15) is 0 Å². The monoisotopic (exact) mass is 251 g/mol. The summed E-state index contributed by atoms with van der Waals surface area (Å²) in [5.41, 5.74) is 0.722. The second kappa shape index (κ2) is 5.25. The quantitative estimate of drug-likeness (QED) is 0.824. The molecule has 5 nitrogen and oxygen atoms in total. The lowest BCUT2D eigenvalue weighted by Gasteiger charge is -2.31. The molecule has 2 atom stereocenters. The molecule has 18 heavy (non-hydrogen) atoms. The lowest BCUT2D eigenvalue weighted by Crippen LogP contribution is -2.31. The van der Waals surface area contributed by atoms with Crippen LogP contribution in [0.3, 0.4) is 0 Å². The van der Waals surface area contributed by atoms with Gasteiger partial charge in [0.25, 0.3) is 0 Å². The first-order valence-electron chi connectivity index (χ1n) is 5.92. The fraction of sp³-hybridized carbons (Fsp3) is 0.538. The van der Waals surface area contributed by atoms with Crippen LogP contribution in [-0.4, -0.2) is 37.6 Å². The van der Waals surface area contributed by atoms with E-state index in [-0.39, 0.29) is 18.3 Å². The summed E-state index contributed by atoms with van der Waals surface area (Å²) in [6, 6.07) is 0. The number of hydrogen-bond donors (Lipinski definition) is 1. The Morgan fingerprint density at radius 2 is 2.06 bits per heavy atom. The molecule has 0 saturated carbocycles. The average Bonchev–Trinajstić information content (AvgIpc) is 2.37. The standard InChI is InChI=1S/C13H17NO4/c1-17-11-5-8-3-4-14-10(7-13(15)16)9(8)6-12(11)18-2/h5-6,8-9H,3-4,7H2,1-2H3,(H,15,16). The van der Waals surface area contributed by atoms with Gasteiger partial charge in [0.2, 0.25) is 0 Å². The number of allylic oxidation sites excluding steroid dienone is 2. The van der Waals surface area contributed by atoms with Crippen LogP contribution in [0.2, 0.25) is 0 Å². The number of hydrogen-bond acceptors (Lipinski definition) is 4. The first kappa shape index (κ1) is 12.7. The Morgan fingerprint density at radius 1 is 1.39 bits per heavy atom. The Kier molecular flexibility index (Phi) is 3.69. The normalized spacial score (nSPS) is 26.4. The van der Waals surface area contributed by atoms with Crippen LogP contribution in [0, 0.1) is 11.8 Å². The van der Waals surface area contributed by atoms with Crippen LogP contribution in [0.4, 0.5) is 0 Å². The number of nitrogens with zero attached hydrogens (tertiary/aromatic N) is 1. The average molecular weight is 251 g/mol.